The first-order valence-electron chi connectivity index (χ1n) is 33.4. The first-order valence-corrected chi connectivity index (χ1v) is 33.4. The van der Waals surface area contributed by atoms with Crippen molar-refractivity contribution >= 4 is 87.5 Å². The van der Waals surface area contributed by atoms with Crippen LogP contribution in [0.2, 0.25) is 0 Å². The Labute approximate surface area is 573 Å². The molecule has 0 amide bonds. The monoisotopic (exact) mass is 1280 g/mol. The summed E-state index contributed by atoms with van der Waals surface area (Å²) in [5.74, 6) is 3.71. The summed E-state index contributed by atoms with van der Waals surface area (Å²) >= 11 is 0. The number of furan rings is 2. The van der Waals surface area contributed by atoms with Gasteiger partial charge in [0.05, 0.1) is 27.8 Å². The lowest BCUT2D eigenvalue weighted by Crippen LogP contribution is -2.06. The molecule has 0 saturated heterocycles. The van der Waals surface area contributed by atoms with Gasteiger partial charge in [-0.1, -0.05) is 249 Å². The molecule has 20 rings (SSSR count). The molecule has 10 nitrogen and oxygen atoms in total. The highest BCUT2D eigenvalue weighted by atomic mass is 16.3. The number of nitrogens with zero attached hydrogens (tertiary/aromatic N) is 8. The highest BCUT2D eigenvalue weighted by Gasteiger charge is 2.23. The molecule has 468 valence electrons. The van der Waals surface area contributed by atoms with Crippen LogP contribution in [-0.2, 0) is 0 Å². The number of hydrogen-bond donors (Lipinski definition) is 0. The summed E-state index contributed by atoms with van der Waals surface area (Å²) in [6.45, 7) is 0. The molecule has 100 heavy (non-hydrogen) atoms. The van der Waals surface area contributed by atoms with Gasteiger partial charge in [-0.05, 0) is 124 Å². The zero-order chi connectivity index (χ0) is 66.0. The topological polar surface area (TPSA) is 113 Å². The molecule has 0 unspecified atom stereocenters. The van der Waals surface area contributed by atoms with Crippen molar-refractivity contribution in [3.05, 3.63) is 340 Å². The van der Waals surface area contributed by atoms with Crippen LogP contribution in [0.25, 0.3) is 189 Å². The second-order valence-electron chi connectivity index (χ2n) is 24.9. The summed E-state index contributed by atoms with van der Waals surface area (Å²) in [5.41, 5.74) is 20.3. The smallest absolute Gasteiger partial charge is 0.238 e. The van der Waals surface area contributed by atoms with Gasteiger partial charge in [0.1, 0.15) is 22.3 Å². The Morgan fingerprint density at radius 2 is 0.530 bits per heavy atom. The van der Waals surface area contributed by atoms with Crippen LogP contribution in [0, 0.1) is 0 Å². The van der Waals surface area contributed by atoms with E-state index in [-0.39, 0.29) is 0 Å². The van der Waals surface area contributed by atoms with Crippen LogP contribution in [-0.4, -0.2) is 39.0 Å². The van der Waals surface area contributed by atoms with E-state index >= 15 is 0 Å². The van der Waals surface area contributed by atoms with Crippen molar-refractivity contribution in [1.29, 1.82) is 0 Å². The molecule has 0 fully saturated rings. The van der Waals surface area contributed by atoms with Crippen molar-refractivity contribution in [1.82, 2.24) is 39.0 Å². The Bertz CT molecular complexity index is 6480. The molecule has 0 saturated carbocycles. The van der Waals surface area contributed by atoms with Crippen molar-refractivity contribution in [3.8, 4) is 102 Å². The van der Waals surface area contributed by atoms with E-state index in [2.05, 4.69) is 228 Å². The lowest BCUT2D eigenvalue weighted by Gasteiger charge is -2.15. The highest BCUT2D eigenvalue weighted by Crippen LogP contribution is 2.42. The number of aromatic nitrogens is 8. The van der Waals surface area contributed by atoms with E-state index in [1.54, 1.807) is 0 Å². The van der Waals surface area contributed by atoms with Gasteiger partial charge in [0.2, 0.25) is 5.95 Å². The fourth-order valence-electron chi connectivity index (χ4n) is 14.2. The average Bonchev–Trinajstić information content (AvgIpc) is 1.57. The third kappa shape index (κ3) is 10.2. The summed E-state index contributed by atoms with van der Waals surface area (Å²) in [5, 5.41) is 9.11. The van der Waals surface area contributed by atoms with E-state index in [1.807, 2.05) is 121 Å². The summed E-state index contributed by atoms with van der Waals surface area (Å²) in [6, 6.07) is 117. The van der Waals surface area contributed by atoms with E-state index in [9.17, 15) is 0 Å². The SMILES string of the molecule is c1ccc(-c2cccc(-c3nc(-c4ccccc4)nc(-c4ccccc4-n4c5ccccc5c5cc(-c6ccc7oc8ccccc8c7c6)ccc54)n3)c2)cc1.c1ccc(-c2nc(-c3ccccc3)nc(-n3c4ccccc4c4cc(-c5ccc6oc7ccccc7c6c5)ccc43)n2)cc1. The third-order valence-electron chi connectivity index (χ3n) is 18.9. The molecular formula is C90H56N8O2. The molecule has 0 radical (unpaired) electrons. The number of hydrogen-bond acceptors (Lipinski definition) is 8. The number of benzene rings is 14. The van der Waals surface area contributed by atoms with Crippen molar-refractivity contribution in [3.63, 3.8) is 0 Å². The maximum Gasteiger partial charge on any atom is 0.238 e. The predicted octanol–water partition coefficient (Wildman–Crippen LogP) is 23.1. The molecule has 6 heterocycles. The first-order chi connectivity index (χ1) is 49.5. The van der Waals surface area contributed by atoms with Crippen LogP contribution in [0.15, 0.2) is 349 Å². The maximum absolute atomic E-state index is 6.14. The van der Waals surface area contributed by atoms with Gasteiger partial charge in [0.15, 0.2) is 29.1 Å². The zero-order valence-electron chi connectivity index (χ0n) is 53.7. The molecule has 10 heteroatoms. The van der Waals surface area contributed by atoms with Gasteiger partial charge in [-0.3, -0.25) is 4.57 Å². The maximum atomic E-state index is 6.14. The summed E-state index contributed by atoms with van der Waals surface area (Å²) in [7, 11) is 0. The Morgan fingerprint density at radius 3 is 1.06 bits per heavy atom. The van der Waals surface area contributed by atoms with Crippen molar-refractivity contribution < 1.29 is 8.83 Å². The summed E-state index contributed by atoms with van der Waals surface area (Å²) in [6.07, 6.45) is 0. The van der Waals surface area contributed by atoms with Gasteiger partial charge in [0.25, 0.3) is 0 Å². The van der Waals surface area contributed by atoms with Crippen LogP contribution >= 0.6 is 0 Å². The second kappa shape index (κ2) is 24.2. The quantitative estimate of drug-likeness (QED) is 0.133. The van der Waals surface area contributed by atoms with E-state index in [4.69, 9.17) is 38.7 Å². The molecule has 0 aliphatic rings. The van der Waals surface area contributed by atoms with Crippen LogP contribution in [0.5, 0.6) is 0 Å². The molecule has 0 spiro atoms. The Balaban J connectivity index is 0.000000143. The van der Waals surface area contributed by atoms with Crippen molar-refractivity contribution in [2.75, 3.05) is 0 Å². The van der Waals surface area contributed by atoms with Crippen molar-refractivity contribution in [2.24, 2.45) is 0 Å². The Kier molecular flexibility index (Phi) is 14.0. The molecular weight excluding hydrogens is 1230 g/mol. The fraction of sp³-hybridized carbons (Fsp3) is 0. The lowest BCUT2D eigenvalue weighted by atomic mass is 10.0. The molecule has 0 N–H and O–H groups in total. The third-order valence-corrected chi connectivity index (χ3v) is 18.9. The molecule has 20 aromatic rings. The molecule has 14 aromatic carbocycles. The van der Waals surface area contributed by atoms with E-state index in [0.29, 0.717) is 35.1 Å². The molecule has 0 bridgehead atoms. The highest BCUT2D eigenvalue weighted by molar-refractivity contribution is 6.13. The molecule has 0 aliphatic heterocycles. The lowest BCUT2D eigenvalue weighted by molar-refractivity contribution is 0.668. The minimum Gasteiger partial charge on any atom is -0.456 e. The van der Waals surface area contributed by atoms with Crippen LogP contribution in [0.4, 0.5) is 0 Å². The van der Waals surface area contributed by atoms with Gasteiger partial charge >= 0.3 is 0 Å². The van der Waals surface area contributed by atoms with Gasteiger partial charge in [0, 0.05) is 70.9 Å². The molecule has 0 aliphatic carbocycles. The molecule has 0 atom stereocenters. The first kappa shape index (κ1) is 57.7. The van der Waals surface area contributed by atoms with Crippen LogP contribution in [0.3, 0.4) is 0 Å². The predicted molar refractivity (Wildman–Crippen MR) is 406 cm³/mol. The Hall–Kier alpha value is -13.7. The number of rotatable bonds is 10. The largest absolute Gasteiger partial charge is 0.456 e. The van der Waals surface area contributed by atoms with Crippen LogP contribution in [0.1, 0.15) is 0 Å². The second-order valence-corrected chi connectivity index (χ2v) is 24.9. The van der Waals surface area contributed by atoms with Gasteiger partial charge in [-0.15, -0.1) is 0 Å². The number of para-hydroxylation sites is 5. The van der Waals surface area contributed by atoms with Gasteiger partial charge < -0.3 is 13.4 Å². The zero-order valence-corrected chi connectivity index (χ0v) is 53.7. The van der Waals surface area contributed by atoms with E-state index < -0.39 is 0 Å². The summed E-state index contributed by atoms with van der Waals surface area (Å²) in [4.78, 5) is 30.4. The number of fused-ring (bicyclic) bond motifs is 12. The average molecular weight is 1280 g/mol. The fourth-order valence-corrected chi connectivity index (χ4v) is 14.2. The van der Waals surface area contributed by atoms with Gasteiger partial charge in [-0.25, -0.2) is 19.9 Å². The standard InChI is InChI=1S/C51H32N4O.C39H24N4O/c1-3-14-33(15-4-1)35-18-13-19-38(30-35)50-52-49(34-16-5-2-6-17-34)53-51(54-50)41-22-8-11-24-45(41)55-44-23-10-7-20-39(44)42-31-36(26-28-46(42)55)37-27-29-48-43(32-37)40-21-9-12-25-47(40)56-48;1-3-11-25(12-4-1)37-40-38(26-13-5-2-6-14-26)42-39(41-37)43-33-17-9-7-15-29(33)31-23-27(19-21-34(31)43)28-20-22-36-32(24-28)30-16-8-10-18-35(30)44-36/h1-32H;1-24H. The van der Waals surface area contributed by atoms with Gasteiger partial charge in [-0.2, -0.15) is 9.97 Å². The van der Waals surface area contributed by atoms with Crippen molar-refractivity contribution in [2.45, 2.75) is 0 Å². The Morgan fingerprint density at radius 1 is 0.190 bits per heavy atom. The minimum absolute atomic E-state index is 0.586. The van der Waals surface area contributed by atoms with E-state index in [0.717, 1.165) is 144 Å². The van der Waals surface area contributed by atoms with Crippen LogP contribution < -0.4 is 0 Å². The molecule has 6 aromatic heterocycles. The normalized spacial score (nSPS) is 11.6. The minimum atomic E-state index is 0.586. The summed E-state index contributed by atoms with van der Waals surface area (Å²) < 4.78 is 16.7. The van der Waals surface area contributed by atoms with E-state index in [1.165, 1.54) is 10.8 Å².